The van der Waals surface area contributed by atoms with E-state index < -0.39 is 91.1 Å². The zero-order chi connectivity index (χ0) is 77.1. The first-order valence-electron chi connectivity index (χ1n) is 44.2. The number of esters is 5. The summed E-state index contributed by atoms with van der Waals surface area (Å²) < 4.78 is 37.2. The van der Waals surface area contributed by atoms with Gasteiger partial charge in [-0.05, 0) is 76.2 Å². The Morgan fingerprint density at radius 1 is 0.396 bits per heavy atom. The molecular weight excluding hydrogens is 1340 g/mol. The Bertz CT molecular complexity index is 2310. The van der Waals surface area contributed by atoms with Gasteiger partial charge in [0.15, 0.2) is 6.10 Å². The molecule has 1 aliphatic heterocycles. The summed E-state index contributed by atoms with van der Waals surface area (Å²) in [6.45, 7) is 12.4. The van der Waals surface area contributed by atoms with Crippen molar-refractivity contribution in [3.05, 3.63) is 35.9 Å². The lowest BCUT2D eigenvalue weighted by molar-refractivity contribution is -0.213. The summed E-state index contributed by atoms with van der Waals surface area (Å²) in [5.41, 5.74) is 0.718. The average molecular weight is 1500 g/mol. The molecule has 0 aliphatic carbocycles. The van der Waals surface area contributed by atoms with E-state index in [1.165, 1.54) is 109 Å². The minimum Gasteiger partial charge on any atom is -0.462 e. The molecule has 0 bridgehead atoms. The van der Waals surface area contributed by atoms with Crippen molar-refractivity contribution in [3.8, 4) is 0 Å². The number of aliphatic hydroxyl groups excluding tert-OH is 2. The Morgan fingerprint density at radius 3 is 1.08 bits per heavy atom. The number of hydrogen-bond donors (Lipinski definition) is 4. The number of rotatable bonds is 73. The van der Waals surface area contributed by atoms with Crippen molar-refractivity contribution in [1.82, 2.24) is 10.6 Å². The first kappa shape index (κ1) is 97.5. The van der Waals surface area contributed by atoms with Gasteiger partial charge in [0, 0.05) is 19.3 Å². The first-order valence-corrected chi connectivity index (χ1v) is 44.2. The smallest absolute Gasteiger partial charge is 0.328 e. The molecule has 9 atom stereocenters. The van der Waals surface area contributed by atoms with Gasteiger partial charge in [-0.25, -0.2) is 4.79 Å². The summed E-state index contributed by atoms with van der Waals surface area (Å²) in [7, 11) is 0. The Morgan fingerprint density at radius 2 is 0.726 bits per heavy atom. The number of carbonyl (C=O) groups excluding carboxylic acids is 7. The standard InChI is InChI=1S/C89H158N2O15/c1-7-13-19-25-31-34-40-43-52-60-74(102-82(95)63-55-46-37-28-22-16-10-4)68-80(93)90-77(89(100)101-72-73-58-50-49-51-59-73)66-67-78-86(91-81(94)69-75(61-53-44-41-35-32-26-20-14-8-2)103-83(96)64-56-47-38-29-23-17-11-5)88(87(99)79(71-92)105-78)106-85(98)70-76(62-54-45-42-36-33-27-21-15-9-3)104-84(97)65-57-48-39-30-24-18-12-6/h49-51,58-59,74-79,86-88,92,99H,7-48,52-57,60-72H2,1-6H3,(H,90,93)(H,91,94)/t74-,75-,76-,77+,78+,79-,86+,87-,88-/m1/s1. The van der Waals surface area contributed by atoms with Gasteiger partial charge in [-0.2, -0.15) is 0 Å². The predicted molar refractivity (Wildman–Crippen MR) is 428 cm³/mol. The Kier molecular flexibility index (Phi) is 62.9. The van der Waals surface area contributed by atoms with Gasteiger partial charge in [0.25, 0.3) is 0 Å². The number of unbranched alkanes of at least 4 members (excludes halogenated alkanes) is 42. The van der Waals surface area contributed by atoms with E-state index in [0.717, 1.165) is 179 Å². The molecule has 0 spiro atoms. The number of benzene rings is 1. The minimum absolute atomic E-state index is 0.0999. The van der Waals surface area contributed by atoms with Crippen molar-refractivity contribution >= 4 is 41.7 Å². The maximum absolute atomic E-state index is 14.9. The highest BCUT2D eigenvalue weighted by atomic mass is 16.6. The van der Waals surface area contributed by atoms with E-state index in [9.17, 15) is 43.8 Å². The molecule has 1 aromatic rings. The van der Waals surface area contributed by atoms with E-state index in [2.05, 4.69) is 52.2 Å². The van der Waals surface area contributed by atoms with Gasteiger partial charge < -0.3 is 49.3 Å². The molecule has 17 heteroatoms. The van der Waals surface area contributed by atoms with Crippen LogP contribution in [0.3, 0.4) is 0 Å². The van der Waals surface area contributed by atoms with Gasteiger partial charge in [0.05, 0.1) is 38.0 Å². The fourth-order valence-electron chi connectivity index (χ4n) is 14.5. The third kappa shape index (κ3) is 52.5. The molecule has 0 saturated carbocycles. The van der Waals surface area contributed by atoms with Crippen LogP contribution < -0.4 is 10.6 Å². The summed E-state index contributed by atoms with van der Waals surface area (Å²) in [6, 6.07) is 6.55. The lowest BCUT2D eigenvalue weighted by Crippen LogP contribution is -2.65. The van der Waals surface area contributed by atoms with Crippen LogP contribution in [0.2, 0.25) is 0 Å². The van der Waals surface area contributed by atoms with E-state index in [0.29, 0.717) is 44.9 Å². The molecule has 0 unspecified atom stereocenters. The highest BCUT2D eigenvalue weighted by Crippen LogP contribution is 2.30. The molecule has 0 aromatic heterocycles. The molecule has 1 heterocycles. The molecule has 17 nitrogen and oxygen atoms in total. The van der Waals surface area contributed by atoms with Gasteiger partial charge >= 0.3 is 29.8 Å². The van der Waals surface area contributed by atoms with Crippen LogP contribution in [0.5, 0.6) is 0 Å². The van der Waals surface area contributed by atoms with E-state index in [1.54, 1.807) is 0 Å². The van der Waals surface area contributed by atoms with Crippen LogP contribution in [0.15, 0.2) is 30.3 Å². The number of nitrogens with one attached hydrogen (secondary N) is 2. The van der Waals surface area contributed by atoms with Crippen LogP contribution >= 0.6 is 0 Å². The molecule has 1 aliphatic rings. The fraction of sp³-hybridized carbons (Fsp3) is 0.854. The Hall–Kier alpha value is -4.61. The summed E-state index contributed by atoms with van der Waals surface area (Å²) in [6.07, 6.45) is 43.9. The van der Waals surface area contributed by atoms with Gasteiger partial charge in [0.2, 0.25) is 11.8 Å². The molecule has 614 valence electrons. The largest absolute Gasteiger partial charge is 0.462 e. The van der Waals surface area contributed by atoms with E-state index in [1.807, 2.05) is 30.3 Å². The monoisotopic (exact) mass is 1500 g/mol. The maximum atomic E-state index is 14.9. The molecule has 1 aromatic carbocycles. The molecule has 106 heavy (non-hydrogen) atoms. The van der Waals surface area contributed by atoms with Crippen molar-refractivity contribution < 1.29 is 72.2 Å². The molecule has 2 amide bonds. The van der Waals surface area contributed by atoms with Crippen molar-refractivity contribution in [1.29, 1.82) is 0 Å². The maximum Gasteiger partial charge on any atom is 0.328 e. The highest BCUT2D eigenvalue weighted by molar-refractivity contribution is 5.85. The summed E-state index contributed by atoms with van der Waals surface area (Å²) in [4.78, 5) is 99.6. The quantitative estimate of drug-likeness (QED) is 0.0269. The summed E-state index contributed by atoms with van der Waals surface area (Å²) in [5.74, 6) is -3.76. The van der Waals surface area contributed by atoms with Crippen LogP contribution in [-0.4, -0.2) is 113 Å². The molecule has 1 saturated heterocycles. The second-order valence-electron chi connectivity index (χ2n) is 31.1. The molecule has 0 radical (unpaired) electrons. The third-order valence-corrected chi connectivity index (χ3v) is 21.1. The van der Waals surface area contributed by atoms with Gasteiger partial charge in [-0.1, -0.05) is 342 Å². The van der Waals surface area contributed by atoms with E-state index >= 15 is 0 Å². The van der Waals surface area contributed by atoms with Crippen LogP contribution in [0.25, 0.3) is 0 Å². The van der Waals surface area contributed by atoms with Gasteiger partial charge in [0.1, 0.15) is 43.2 Å². The topological polar surface area (TPSA) is 239 Å². The van der Waals surface area contributed by atoms with Crippen LogP contribution in [0.4, 0.5) is 0 Å². The molecule has 1 fully saturated rings. The van der Waals surface area contributed by atoms with Crippen molar-refractivity contribution in [2.75, 3.05) is 6.61 Å². The van der Waals surface area contributed by atoms with Crippen molar-refractivity contribution in [2.24, 2.45) is 0 Å². The Labute approximate surface area is 645 Å². The second kappa shape index (κ2) is 68.4. The highest BCUT2D eigenvalue weighted by Gasteiger charge is 2.48. The number of aliphatic hydroxyl groups is 2. The number of amides is 2. The van der Waals surface area contributed by atoms with Crippen molar-refractivity contribution in [2.45, 2.75) is 482 Å². The third-order valence-electron chi connectivity index (χ3n) is 21.1. The van der Waals surface area contributed by atoms with Gasteiger partial charge in [-0.15, -0.1) is 0 Å². The number of carbonyl (C=O) groups is 7. The van der Waals surface area contributed by atoms with Crippen LogP contribution in [-0.2, 0) is 68.6 Å². The molecule has 4 N–H and O–H groups in total. The fourth-order valence-corrected chi connectivity index (χ4v) is 14.5. The van der Waals surface area contributed by atoms with Gasteiger partial charge in [-0.3, -0.25) is 28.8 Å². The number of hydrogen-bond acceptors (Lipinski definition) is 15. The zero-order valence-electron chi connectivity index (χ0n) is 68.4. The summed E-state index contributed by atoms with van der Waals surface area (Å²) >= 11 is 0. The predicted octanol–water partition coefficient (Wildman–Crippen LogP) is 21.6. The van der Waals surface area contributed by atoms with Crippen LogP contribution in [0, 0.1) is 0 Å². The van der Waals surface area contributed by atoms with Crippen LogP contribution in [0.1, 0.15) is 426 Å². The van der Waals surface area contributed by atoms with Crippen molar-refractivity contribution in [3.63, 3.8) is 0 Å². The lowest BCUT2D eigenvalue weighted by atomic mass is 9.89. The normalized spacial score (nSPS) is 16.9. The second-order valence-corrected chi connectivity index (χ2v) is 31.1. The summed E-state index contributed by atoms with van der Waals surface area (Å²) in [5, 5.41) is 29.2. The zero-order valence-corrected chi connectivity index (χ0v) is 68.4. The lowest BCUT2D eigenvalue weighted by Gasteiger charge is -2.44. The van der Waals surface area contributed by atoms with E-state index in [4.69, 9.17) is 28.4 Å². The number of ether oxygens (including phenoxy) is 6. The molecular formula is C89H158N2O15. The SMILES string of the molecule is CCCCCCCCCCC[C@H](CC(=O)N[C@@H]1[C@@H](OC(=O)C[C@@H](CCCCCCCCCCC)OC(=O)CCCCCCCCC)[C@H](O)[C@@H](CO)O[C@H]1CC[C@H](NC(=O)C[C@@H](CCCCCCCCCCC)OC(=O)CCCCCCCCC)C(=O)OCc1ccccc1)OC(=O)CCCCCCCCC. The Balaban J connectivity index is 2.66. The first-order chi connectivity index (χ1) is 51.7. The average Bonchev–Trinajstić information content (AvgIpc) is 0.792. The molecule has 2 rings (SSSR count). The van der Waals surface area contributed by atoms with E-state index in [-0.39, 0.29) is 69.9 Å². The minimum atomic E-state index is -1.67.